The van der Waals surface area contributed by atoms with Crippen LogP contribution in [0.4, 0.5) is 4.39 Å². The lowest BCUT2D eigenvalue weighted by molar-refractivity contribution is 0.0946. The fraction of sp³-hybridized carbons (Fsp3) is 0.133. The first-order chi connectivity index (χ1) is 11.9. The molecule has 0 unspecified atom stereocenters. The molecule has 130 valence electrons. The summed E-state index contributed by atoms with van der Waals surface area (Å²) in [6.07, 6.45) is 2.41. The standard InChI is InChI=1S/C15H13FN4O4S/c1-10-18-14(24-19-10)8-17-15(21)11-6-7-20(9-11)25(22,23)13-4-2-12(16)3-5-13/h2-7,9H,8H2,1H3,(H,17,21). The van der Waals surface area contributed by atoms with E-state index in [9.17, 15) is 17.6 Å². The Bertz CT molecular complexity index is 1010. The van der Waals surface area contributed by atoms with Gasteiger partial charge in [-0.3, -0.25) is 4.79 Å². The number of hydrogen-bond donors (Lipinski definition) is 1. The molecule has 2 heterocycles. The summed E-state index contributed by atoms with van der Waals surface area (Å²) in [6, 6.07) is 5.77. The lowest BCUT2D eigenvalue weighted by Crippen LogP contribution is -2.22. The molecule has 0 saturated carbocycles. The van der Waals surface area contributed by atoms with Crippen molar-refractivity contribution in [1.29, 1.82) is 0 Å². The minimum atomic E-state index is -3.90. The van der Waals surface area contributed by atoms with Crippen LogP contribution in [0.5, 0.6) is 0 Å². The summed E-state index contributed by atoms with van der Waals surface area (Å²) in [4.78, 5) is 15.9. The van der Waals surface area contributed by atoms with E-state index in [0.29, 0.717) is 5.82 Å². The van der Waals surface area contributed by atoms with Crippen LogP contribution in [-0.2, 0) is 16.6 Å². The number of benzene rings is 1. The molecule has 25 heavy (non-hydrogen) atoms. The number of rotatable bonds is 5. The Balaban J connectivity index is 1.75. The molecule has 0 atom stereocenters. The van der Waals surface area contributed by atoms with Crippen molar-refractivity contribution in [3.63, 3.8) is 0 Å². The molecule has 0 spiro atoms. The van der Waals surface area contributed by atoms with Crippen molar-refractivity contribution in [2.75, 3.05) is 0 Å². The van der Waals surface area contributed by atoms with E-state index >= 15 is 0 Å². The van der Waals surface area contributed by atoms with Crippen LogP contribution >= 0.6 is 0 Å². The normalized spacial score (nSPS) is 11.4. The molecule has 3 rings (SSSR count). The maximum atomic E-state index is 12.9. The average Bonchev–Trinajstić information content (AvgIpc) is 3.22. The molecule has 8 nitrogen and oxygen atoms in total. The maximum absolute atomic E-state index is 12.9. The zero-order valence-electron chi connectivity index (χ0n) is 13.0. The second kappa shape index (κ2) is 6.48. The minimum absolute atomic E-state index is 0.0234. The highest BCUT2D eigenvalue weighted by atomic mass is 32.2. The SMILES string of the molecule is Cc1noc(CNC(=O)c2ccn(S(=O)(=O)c3ccc(F)cc3)c2)n1. The van der Waals surface area contributed by atoms with Gasteiger partial charge in [-0.15, -0.1) is 0 Å². The Morgan fingerprint density at radius 2 is 2.00 bits per heavy atom. The Labute approximate surface area is 142 Å². The molecule has 0 aliphatic carbocycles. The van der Waals surface area contributed by atoms with Crippen LogP contribution in [0.25, 0.3) is 0 Å². The molecule has 2 aromatic heterocycles. The Morgan fingerprint density at radius 3 is 2.64 bits per heavy atom. The Kier molecular flexibility index (Phi) is 4.36. The molecule has 1 amide bonds. The van der Waals surface area contributed by atoms with E-state index in [0.717, 1.165) is 28.2 Å². The van der Waals surface area contributed by atoms with Crippen molar-refractivity contribution in [3.8, 4) is 0 Å². The second-order valence-corrected chi connectivity index (χ2v) is 6.95. The van der Waals surface area contributed by atoms with E-state index in [1.54, 1.807) is 6.92 Å². The summed E-state index contributed by atoms with van der Waals surface area (Å²) in [5.74, 6) is -0.350. The summed E-state index contributed by atoms with van der Waals surface area (Å²) in [6.45, 7) is 1.67. The third kappa shape index (κ3) is 3.58. The highest BCUT2D eigenvalue weighted by Gasteiger charge is 2.18. The highest BCUT2D eigenvalue weighted by Crippen LogP contribution is 2.16. The monoisotopic (exact) mass is 364 g/mol. The number of hydrogen-bond acceptors (Lipinski definition) is 6. The van der Waals surface area contributed by atoms with Crippen molar-refractivity contribution in [3.05, 3.63) is 65.8 Å². The predicted octanol–water partition coefficient (Wildman–Crippen LogP) is 1.49. The van der Waals surface area contributed by atoms with Crippen LogP contribution in [0.2, 0.25) is 0 Å². The lowest BCUT2D eigenvalue weighted by atomic mass is 10.3. The van der Waals surface area contributed by atoms with Crippen molar-refractivity contribution in [2.24, 2.45) is 0 Å². The number of nitrogens with one attached hydrogen (secondary N) is 1. The molecule has 0 aliphatic heterocycles. The first kappa shape index (κ1) is 16.8. The summed E-state index contributed by atoms with van der Waals surface area (Å²) in [5.41, 5.74) is 0.141. The van der Waals surface area contributed by atoms with E-state index in [1.165, 1.54) is 18.5 Å². The van der Waals surface area contributed by atoms with Gasteiger partial charge in [-0.2, -0.15) is 4.98 Å². The molecule has 0 aliphatic rings. The van der Waals surface area contributed by atoms with Gasteiger partial charge in [-0.1, -0.05) is 5.16 Å². The third-order valence-electron chi connectivity index (χ3n) is 3.29. The van der Waals surface area contributed by atoms with Gasteiger partial charge in [0.15, 0.2) is 5.82 Å². The topological polar surface area (TPSA) is 107 Å². The summed E-state index contributed by atoms with van der Waals surface area (Å²) < 4.78 is 43.6. The number of nitrogens with zero attached hydrogens (tertiary/aromatic N) is 3. The number of amides is 1. The van der Waals surface area contributed by atoms with Gasteiger partial charge in [0.05, 0.1) is 17.0 Å². The Hall–Kier alpha value is -3.01. The van der Waals surface area contributed by atoms with E-state index in [4.69, 9.17) is 4.52 Å². The molecule has 0 bridgehead atoms. The first-order valence-electron chi connectivity index (χ1n) is 7.13. The second-order valence-electron chi connectivity index (χ2n) is 5.11. The molecule has 0 radical (unpaired) electrons. The van der Waals surface area contributed by atoms with Gasteiger partial charge in [0, 0.05) is 12.4 Å². The van der Waals surface area contributed by atoms with Crippen LogP contribution in [-0.4, -0.2) is 28.4 Å². The summed E-state index contributed by atoms with van der Waals surface area (Å²) in [5, 5.41) is 6.14. The van der Waals surface area contributed by atoms with Crippen LogP contribution in [0, 0.1) is 12.7 Å². The van der Waals surface area contributed by atoms with E-state index < -0.39 is 21.7 Å². The van der Waals surface area contributed by atoms with E-state index in [1.807, 2.05) is 0 Å². The number of carbonyl (C=O) groups excluding carboxylic acids is 1. The van der Waals surface area contributed by atoms with Gasteiger partial charge >= 0.3 is 0 Å². The van der Waals surface area contributed by atoms with E-state index in [-0.39, 0.29) is 22.9 Å². The minimum Gasteiger partial charge on any atom is -0.343 e. The van der Waals surface area contributed by atoms with Crippen LogP contribution in [0.15, 0.2) is 52.1 Å². The molecular weight excluding hydrogens is 351 g/mol. The van der Waals surface area contributed by atoms with Crippen molar-refractivity contribution < 1.29 is 22.1 Å². The lowest BCUT2D eigenvalue weighted by Gasteiger charge is -2.05. The number of carbonyl (C=O) groups is 1. The summed E-state index contributed by atoms with van der Waals surface area (Å²) in [7, 11) is -3.90. The van der Waals surface area contributed by atoms with Gasteiger partial charge < -0.3 is 9.84 Å². The highest BCUT2D eigenvalue weighted by molar-refractivity contribution is 7.90. The van der Waals surface area contributed by atoms with Gasteiger partial charge in [0.2, 0.25) is 5.89 Å². The average molecular weight is 364 g/mol. The van der Waals surface area contributed by atoms with Crippen LogP contribution in [0.3, 0.4) is 0 Å². The van der Waals surface area contributed by atoms with Crippen LogP contribution < -0.4 is 5.32 Å². The molecular formula is C15H13FN4O4S. The molecule has 3 aromatic rings. The zero-order chi connectivity index (χ0) is 18.0. The third-order valence-corrected chi connectivity index (χ3v) is 4.94. The first-order valence-corrected chi connectivity index (χ1v) is 8.57. The van der Waals surface area contributed by atoms with Crippen molar-refractivity contribution in [2.45, 2.75) is 18.4 Å². The molecule has 1 aromatic carbocycles. The molecule has 10 heteroatoms. The van der Waals surface area contributed by atoms with Gasteiger partial charge in [0.1, 0.15) is 5.82 Å². The molecule has 1 N–H and O–H groups in total. The predicted molar refractivity (Wildman–Crippen MR) is 83.6 cm³/mol. The maximum Gasteiger partial charge on any atom is 0.267 e. The zero-order valence-corrected chi connectivity index (χ0v) is 13.8. The number of halogens is 1. The van der Waals surface area contributed by atoms with Crippen LogP contribution in [0.1, 0.15) is 22.1 Å². The van der Waals surface area contributed by atoms with Gasteiger partial charge in [-0.05, 0) is 37.3 Å². The molecule has 0 saturated heterocycles. The fourth-order valence-corrected chi connectivity index (χ4v) is 3.26. The number of aryl methyl sites for hydroxylation is 1. The van der Waals surface area contributed by atoms with Crippen molar-refractivity contribution in [1.82, 2.24) is 19.4 Å². The quantitative estimate of drug-likeness (QED) is 0.735. The van der Waals surface area contributed by atoms with E-state index in [2.05, 4.69) is 15.5 Å². The Morgan fingerprint density at radius 1 is 1.28 bits per heavy atom. The van der Waals surface area contributed by atoms with Gasteiger partial charge in [0.25, 0.3) is 15.9 Å². The molecule has 0 fully saturated rings. The van der Waals surface area contributed by atoms with Gasteiger partial charge in [-0.25, -0.2) is 16.8 Å². The summed E-state index contributed by atoms with van der Waals surface area (Å²) >= 11 is 0. The smallest absolute Gasteiger partial charge is 0.267 e. The largest absolute Gasteiger partial charge is 0.343 e. The fourth-order valence-electron chi connectivity index (χ4n) is 2.06. The number of aromatic nitrogens is 3. The van der Waals surface area contributed by atoms with Crippen molar-refractivity contribution >= 4 is 15.9 Å².